The molecule has 28 heavy (non-hydrogen) atoms. The minimum Gasteiger partial charge on any atom is -0.400 e. The molecule has 0 aliphatic carbocycles. The van der Waals surface area contributed by atoms with Crippen LogP contribution in [0, 0.1) is 0 Å². The van der Waals surface area contributed by atoms with Gasteiger partial charge in [-0.1, -0.05) is 43.7 Å². The monoisotopic (exact) mass is 404 g/mol. The van der Waals surface area contributed by atoms with Crippen molar-refractivity contribution >= 4 is 40.1 Å². The molecule has 0 bridgehead atoms. The van der Waals surface area contributed by atoms with Gasteiger partial charge in [0.1, 0.15) is 12.1 Å². The van der Waals surface area contributed by atoms with Gasteiger partial charge in [-0.05, 0) is 45.1 Å². The van der Waals surface area contributed by atoms with Crippen molar-refractivity contribution < 1.29 is 5.11 Å². The summed E-state index contributed by atoms with van der Waals surface area (Å²) in [7, 11) is 1.00. The number of nitrogens with zero attached hydrogens (tertiary/aromatic N) is 3. The normalized spacial score (nSPS) is 11.2. The first-order valence-corrected chi connectivity index (χ1v) is 9.88. The molecule has 0 saturated heterocycles. The number of benzene rings is 1. The molecule has 0 amide bonds. The van der Waals surface area contributed by atoms with Crippen LogP contribution in [0.2, 0.25) is 0 Å². The third kappa shape index (κ3) is 7.33. The highest BCUT2D eigenvalue weighted by molar-refractivity contribution is 6.31. The second-order valence-corrected chi connectivity index (χ2v) is 5.71. The van der Waals surface area contributed by atoms with Crippen molar-refractivity contribution in [2.45, 2.75) is 34.6 Å². The highest BCUT2D eigenvalue weighted by Gasteiger charge is 2.10. The number of hydrogen-bond acceptors (Lipinski definition) is 5. The topological polar surface area (TPSA) is 75.3 Å². The smallest absolute Gasteiger partial charge is 0.134 e. The molecule has 0 spiro atoms. The second kappa shape index (κ2) is 14.7. The molecule has 154 valence electrons. The van der Waals surface area contributed by atoms with Crippen LogP contribution in [0.25, 0.3) is 17.0 Å². The molecule has 0 fully saturated rings. The van der Waals surface area contributed by atoms with Crippen LogP contribution in [0.1, 0.15) is 40.2 Å². The average Bonchev–Trinajstić information content (AvgIpc) is 2.75. The molecule has 5 nitrogen and oxygen atoms in total. The zero-order chi connectivity index (χ0) is 21.5. The summed E-state index contributed by atoms with van der Waals surface area (Å²) in [4.78, 5) is 10.8. The maximum Gasteiger partial charge on any atom is 0.134 e. The quantitative estimate of drug-likeness (QED) is 0.630. The minimum absolute atomic E-state index is 0.485. The number of aromatic nitrogens is 2. The lowest BCUT2D eigenvalue weighted by Gasteiger charge is -2.22. The fourth-order valence-corrected chi connectivity index (χ4v) is 2.65. The van der Waals surface area contributed by atoms with E-state index in [0.29, 0.717) is 10.9 Å². The van der Waals surface area contributed by atoms with E-state index < -0.39 is 0 Å². The molecule has 0 unspecified atom stereocenters. The Bertz CT molecular complexity index is 796. The van der Waals surface area contributed by atoms with Crippen molar-refractivity contribution in [2.24, 2.45) is 0 Å². The molecule has 0 saturated carbocycles. The van der Waals surface area contributed by atoms with E-state index in [1.807, 2.05) is 57.2 Å². The Hall–Kier alpha value is -2.37. The van der Waals surface area contributed by atoms with E-state index in [0.717, 1.165) is 42.4 Å². The lowest BCUT2D eigenvalue weighted by atomic mass is 10.1. The zero-order valence-corrected chi connectivity index (χ0v) is 18.5. The lowest BCUT2D eigenvalue weighted by molar-refractivity contribution is 0.399. The summed E-state index contributed by atoms with van der Waals surface area (Å²) >= 11 is 6.20. The second-order valence-electron chi connectivity index (χ2n) is 5.27. The van der Waals surface area contributed by atoms with Gasteiger partial charge >= 0.3 is 0 Å². The van der Waals surface area contributed by atoms with E-state index in [1.54, 1.807) is 0 Å². The summed E-state index contributed by atoms with van der Waals surface area (Å²) in [6.07, 6.45) is 11.0. The molecule has 1 heterocycles. The number of rotatable bonds is 6. The number of nitrogen functional groups attached to an aromatic ring is 1. The Kier molecular flexibility index (Phi) is 13.4. The van der Waals surface area contributed by atoms with Crippen molar-refractivity contribution in [3.05, 3.63) is 53.4 Å². The van der Waals surface area contributed by atoms with E-state index >= 15 is 0 Å². The first-order chi connectivity index (χ1) is 13.6. The average molecular weight is 405 g/mol. The summed E-state index contributed by atoms with van der Waals surface area (Å²) in [5.41, 5.74) is 8.95. The van der Waals surface area contributed by atoms with Gasteiger partial charge < -0.3 is 15.7 Å². The summed E-state index contributed by atoms with van der Waals surface area (Å²) < 4.78 is 0. The highest BCUT2D eigenvalue weighted by Crippen LogP contribution is 2.29. The molecule has 0 aliphatic rings. The first kappa shape index (κ1) is 25.6. The minimum atomic E-state index is 0.485. The van der Waals surface area contributed by atoms with Gasteiger partial charge in [0.05, 0.1) is 5.52 Å². The van der Waals surface area contributed by atoms with E-state index in [-0.39, 0.29) is 0 Å². The van der Waals surface area contributed by atoms with Crippen LogP contribution < -0.4 is 10.6 Å². The van der Waals surface area contributed by atoms with E-state index in [9.17, 15) is 0 Å². The molecule has 0 atom stereocenters. The van der Waals surface area contributed by atoms with E-state index in [2.05, 4.69) is 34.8 Å². The Morgan fingerprint density at radius 2 is 1.82 bits per heavy atom. The Morgan fingerprint density at radius 3 is 2.39 bits per heavy atom. The van der Waals surface area contributed by atoms with Crippen LogP contribution in [-0.4, -0.2) is 35.3 Å². The van der Waals surface area contributed by atoms with Gasteiger partial charge in [-0.3, -0.25) is 0 Å². The van der Waals surface area contributed by atoms with Crippen LogP contribution in [0.4, 0.5) is 11.5 Å². The van der Waals surface area contributed by atoms with Gasteiger partial charge in [-0.2, -0.15) is 0 Å². The van der Waals surface area contributed by atoms with Crippen LogP contribution >= 0.6 is 11.6 Å². The fraction of sp³-hybridized carbons (Fsp3) is 0.364. The molecule has 1 aromatic heterocycles. The third-order valence-electron chi connectivity index (χ3n) is 3.78. The van der Waals surface area contributed by atoms with Gasteiger partial charge in [0.15, 0.2) is 0 Å². The van der Waals surface area contributed by atoms with Crippen LogP contribution in [0.15, 0.2) is 47.8 Å². The molecule has 0 aliphatic heterocycles. The predicted molar refractivity (Wildman–Crippen MR) is 125 cm³/mol. The van der Waals surface area contributed by atoms with Crippen molar-refractivity contribution in [3.8, 4) is 0 Å². The Labute approximate surface area is 174 Å². The predicted octanol–water partition coefficient (Wildman–Crippen LogP) is 5.40. The number of nitrogens with two attached hydrogens (primary N) is 1. The van der Waals surface area contributed by atoms with Gasteiger partial charge in [-0.25, -0.2) is 9.97 Å². The first-order valence-electron chi connectivity index (χ1n) is 9.51. The maximum atomic E-state index is 7.00. The summed E-state index contributed by atoms with van der Waals surface area (Å²) in [5, 5.41) is 8.51. The number of anilines is 2. The summed E-state index contributed by atoms with van der Waals surface area (Å²) in [5.74, 6) is 0.485. The highest BCUT2D eigenvalue weighted by atomic mass is 35.5. The van der Waals surface area contributed by atoms with Gasteiger partial charge in [0, 0.05) is 41.9 Å². The van der Waals surface area contributed by atoms with Crippen molar-refractivity contribution in [1.29, 1.82) is 0 Å². The van der Waals surface area contributed by atoms with Crippen molar-refractivity contribution in [2.75, 3.05) is 30.8 Å². The number of aliphatic hydroxyl groups excluding tert-OH is 1. The van der Waals surface area contributed by atoms with Gasteiger partial charge in [0.25, 0.3) is 0 Å². The standard InChI is InChI=1S/C19H23ClN4.C2H6.CH4O/c1-4-7-8-15(20)10-9-14-11-16(24(5-2)6-3)12-17-18(14)22-13-23-19(17)21;2*1-2/h4,7-13H,5-6H2,1-3H3,(H2,21,22,23);1-2H3;2H,1H3/b7-4-,10-9+,15-8+;;. The van der Waals surface area contributed by atoms with Crippen LogP contribution in [0.3, 0.4) is 0 Å². The fourth-order valence-electron chi connectivity index (χ4n) is 2.51. The zero-order valence-electron chi connectivity index (χ0n) is 17.8. The van der Waals surface area contributed by atoms with E-state index in [1.165, 1.54) is 6.33 Å². The van der Waals surface area contributed by atoms with E-state index in [4.69, 9.17) is 22.4 Å². The number of hydrogen-bond donors (Lipinski definition) is 2. The molecular weight excluding hydrogens is 372 g/mol. The SMILES string of the molecule is CC.CO.C\C=C/C=C(Cl)\C=C\c1cc(N(CC)CC)cc2c(N)ncnc12. The Balaban J connectivity index is 0.00000171. The molecule has 3 N–H and O–H groups in total. The molecule has 2 aromatic rings. The molecular formula is C22H33ClN4O. The van der Waals surface area contributed by atoms with Crippen molar-refractivity contribution in [3.63, 3.8) is 0 Å². The molecule has 6 heteroatoms. The summed E-state index contributed by atoms with van der Waals surface area (Å²) in [6.45, 7) is 12.0. The number of allylic oxidation sites excluding steroid dienone is 5. The molecule has 2 rings (SSSR count). The molecule has 1 aromatic carbocycles. The number of fused-ring (bicyclic) bond motifs is 1. The number of aliphatic hydroxyl groups is 1. The summed E-state index contributed by atoms with van der Waals surface area (Å²) in [6, 6.07) is 4.16. The molecule has 0 radical (unpaired) electrons. The largest absolute Gasteiger partial charge is 0.400 e. The van der Waals surface area contributed by atoms with Crippen LogP contribution in [-0.2, 0) is 0 Å². The lowest BCUT2D eigenvalue weighted by Crippen LogP contribution is -2.21. The van der Waals surface area contributed by atoms with Gasteiger partial charge in [-0.15, -0.1) is 0 Å². The van der Waals surface area contributed by atoms with Gasteiger partial charge in [0.2, 0.25) is 0 Å². The Morgan fingerprint density at radius 1 is 1.18 bits per heavy atom. The van der Waals surface area contributed by atoms with Crippen LogP contribution in [0.5, 0.6) is 0 Å². The third-order valence-corrected chi connectivity index (χ3v) is 4.03. The van der Waals surface area contributed by atoms with Crippen molar-refractivity contribution in [1.82, 2.24) is 9.97 Å². The number of halogens is 1. The maximum absolute atomic E-state index is 7.00.